The monoisotopic (exact) mass is 282 g/mol. The molecule has 0 radical (unpaired) electrons. The van der Waals surface area contributed by atoms with Gasteiger partial charge in [0.15, 0.2) is 5.67 Å². The number of amides is 1. The normalized spacial score (nSPS) is 32.5. The molecule has 0 aromatic rings. The van der Waals surface area contributed by atoms with E-state index >= 15 is 0 Å². The van der Waals surface area contributed by atoms with Gasteiger partial charge in [0.2, 0.25) is 0 Å². The Morgan fingerprint density at radius 1 is 1.40 bits per heavy atom. The second-order valence-corrected chi connectivity index (χ2v) is 6.20. The minimum absolute atomic E-state index is 0.219. The first-order chi connectivity index (χ1) is 9.62. The lowest BCUT2D eigenvalue weighted by molar-refractivity contribution is -0.152. The largest absolute Gasteiger partial charge is 0.373 e. The number of rotatable bonds is 4. The number of carbonyl (C=O) groups is 1. The topological polar surface area (TPSA) is 32.8 Å². The molecule has 112 valence electrons. The summed E-state index contributed by atoms with van der Waals surface area (Å²) < 4.78 is 19.9. The summed E-state index contributed by atoms with van der Waals surface area (Å²) in [6, 6.07) is 0.325. The average molecular weight is 282 g/mol. The molecule has 1 amide bonds. The van der Waals surface area contributed by atoms with E-state index < -0.39 is 5.67 Å². The number of nitrogens with zero attached hydrogens (tertiary/aromatic N) is 2. The van der Waals surface area contributed by atoms with Crippen LogP contribution in [0.4, 0.5) is 4.39 Å². The summed E-state index contributed by atoms with van der Waals surface area (Å²) in [5.41, 5.74) is -1.56. The van der Waals surface area contributed by atoms with Gasteiger partial charge in [0.05, 0.1) is 12.7 Å². The van der Waals surface area contributed by atoms with E-state index in [1.54, 1.807) is 11.0 Å². The van der Waals surface area contributed by atoms with Gasteiger partial charge in [0.25, 0.3) is 5.91 Å². The fourth-order valence-electron chi connectivity index (χ4n) is 3.49. The molecular weight excluding hydrogens is 259 g/mol. The maximum Gasteiger partial charge on any atom is 0.260 e. The zero-order valence-corrected chi connectivity index (χ0v) is 11.9. The Morgan fingerprint density at radius 3 is 2.85 bits per heavy atom. The highest BCUT2D eigenvalue weighted by atomic mass is 19.1. The van der Waals surface area contributed by atoms with Gasteiger partial charge in [-0.25, -0.2) is 4.39 Å². The van der Waals surface area contributed by atoms with Crippen LogP contribution in [0, 0.1) is 0 Å². The Morgan fingerprint density at radius 2 is 2.20 bits per heavy atom. The molecule has 4 nitrogen and oxygen atoms in total. The molecule has 0 bridgehead atoms. The van der Waals surface area contributed by atoms with Gasteiger partial charge in [-0.2, -0.15) is 0 Å². The van der Waals surface area contributed by atoms with Crippen LogP contribution in [-0.2, 0) is 9.53 Å². The molecule has 5 heteroatoms. The molecule has 0 aromatic heterocycles. The highest BCUT2D eigenvalue weighted by Gasteiger charge is 2.48. The number of carbonyl (C=O) groups excluding carboxylic acids is 1. The van der Waals surface area contributed by atoms with Gasteiger partial charge in [-0.3, -0.25) is 9.69 Å². The summed E-state index contributed by atoms with van der Waals surface area (Å²) in [7, 11) is 0. The molecule has 2 heterocycles. The highest BCUT2D eigenvalue weighted by molar-refractivity contribution is 5.86. The molecule has 3 aliphatic rings. The summed E-state index contributed by atoms with van der Waals surface area (Å²) in [4.78, 5) is 16.3. The fraction of sp³-hybridized carbons (Fsp3) is 0.800. The second kappa shape index (κ2) is 5.45. The third-order valence-corrected chi connectivity index (χ3v) is 4.84. The summed E-state index contributed by atoms with van der Waals surface area (Å²) in [5, 5.41) is 0. The molecule has 2 saturated heterocycles. The molecule has 0 spiro atoms. The fourth-order valence-corrected chi connectivity index (χ4v) is 3.49. The lowest BCUT2D eigenvalue weighted by Crippen LogP contribution is -2.58. The number of hydrogen-bond donors (Lipinski definition) is 0. The van der Waals surface area contributed by atoms with E-state index in [9.17, 15) is 9.18 Å². The zero-order valence-electron chi connectivity index (χ0n) is 11.9. The molecule has 2 unspecified atom stereocenters. The van der Waals surface area contributed by atoms with Crippen molar-refractivity contribution in [1.29, 1.82) is 0 Å². The molecule has 1 saturated carbocycles. The first-order valence-corrected chi connectivity index (χ1v) is 7.57. The van der Waals surface area contributed by atoms with E-state index in [0.29, 0.717) is 38.6 Å². The lowest BCUT2D eigenvalue weighted by atomic mass is 9.80. The molecule has 2 atom stereocenters. The van der Waals surface area contributed by atoms with E-state index in [0.717, 1.165) is 25.9 Å². The van der Waals surface area contributed by atoms with E-state index in [4.69, 9.17) is 4.74 Å². The zero-order chi connectivity index (χ0) is 14.2. The van der Waals surface area contributed by atoms with Crippen LogP contribution in [0.2, 0.25) is 0 Å². The third kappa shape index (κ3) is 2.49. The third-order valence-electron chi connectivity index (χ3n) is 4.84. The molecule has 20 heavy (non-hydrogen) atoms. The second-order valence-electron chi connectivity index (χ2n) is 6.20. The van der Waals surface area contributed by atoms with Crippen LogP contribution in [0.15, 0.2) is 12.7 Å². The molecule has 3 fully saturated rings. The maximum atomic E-state index is 14.2. The molecule has 0 N–H and O–H groups in total. The maximum absolute atomic E-state index is 14.2. The number of piperazine rings is 1. The number of halogens is 1. The van der Waals surface area contributed by atoms with E-state index in [-0.39, 0.29) is 12.0 Å². The number of alkyl halides is 1. The van der Waals surface area contributed by atoms with Crippen molar-refractivity contribution in [3.63, 3.8) is 0 Å². The van der Waals surface area contributed by atoms with E-state index in [1.165, 1.54) is 0 Å². The molecule has 0 aromatic carbocycles. The van der Waals surface area contributed by atoms with Gasteiger partial charge in [-0.1, -0.05) is 6.08 Å². The van der Waals surface area contributed by atoms with Crippen molar-refractivity contribution in [3.8, 4) is 0 Å². The van der Waals surface area contributed by atoms with Crippen molar-refractivity contribution in [2.75, 3.05) is 32.8 Å². The van der Waals surface area contributed by atoms with Crippen LogP contribution in [0.25, 0.3) is 0 Å². The Balaban J connectivity index is 1.56. The van der Waals surface area contributed by atoms with Crippen LogP contribution in [-0.4, -0.2) is 66.3 Å². The van der Waals surface area contributed by atoms with Crippen LogP contribution >= 0.6 is 0 Å². The predicted octanol–water partition coefficient (Wildman–Crippen LogP) is 1.37. The minimum Gasteiger partial charge on any atom is -0.373 e. The van der Waals surface area contributed by atoms with Crippen molar-refractivity contribution >= 4 is 5.91 Å². The van der Waals surface area contributed by atoms with Crippen molar-refractivity contribution in [2.24, 2.45) is 0 Å². The predicted molar refractivity (Wildman–Crippen MR) is 74.2 cm³/mol. The number of ether oxygens (including phenoxy) is 1. The minimum atomic E-state index is -1.56. The standard InChI is InChI=1S/C15H23FN2O2/c1-2-8-20-13-9-12-10-18(7-6-17(12)11-13)14(19)15(16)4-3-5-15/h2,12-13H,1,3-11H2. The summed E-state index contributed by atoms with van der Waals surface area (Å²) in [6.45, 7) is 7.28. The van der Waals surface area contributed by atoms with Gasteiger partial charge >= 0.3 is 0 Å². The molecular formula is C15H23FN2O2. The average Bonchev–Trinajstić information content (AvgIpc) is 2.83. The quantitative estimate of drug-likeness (QED) is 0.730. The van der Waals surface area contributed by atoms with Crippen LogP contribution in [0.3, 0.4) is 0 Å². The highest BCUT2D eigenvalue weighted by Crippen LogP contribution is 2.38. The van der Waals surface area contributed by atoms with Gasteiger partial charge in [0, 0.05) is 32.2 Å². The van der Waals surface area contributed by atoms with Crippen LogP contribution in [0.1, 0.15) is 25.7 Å². The lowest BCUT2D eigenvalue weighted by Gasteiger charge is -2.42. The van der Waals surface area contributed by atoms with Gasteiger partial charge in [0.1, 0.15) is 0 Å². The van der Waals surface area contributed by atoms with Crippen LogP contribution in [0.5, 0.6) is 0 Å². The summed E-state index contributed by atoms with van der Waals surface area (Å²) >= 11 is 0. The van der Waals surface area contributed by atoms with Gasteiger partial charge < -0.3 is 9.64 Å². The summed E-state index contributed by atoms with van der Waals surface area (Å²) in [6.07, 6.45) is 4.55. The van der Waals surface area contributed by atoms with Crippen molar-refractivity contribution in [1.82, 2.24) is 9.80 Å². The number of fused-ring (bicyclic) bond motifs is 1. The van der Waals surface area contributed by atoms with Gasteiger partial charge in [-0.15, -0.1) is 6.58 Å². The summed E-state index contributed by atoms with van der Waals surface area (Å²) in [5.74, 6) is -0.279. The molecule has 2 aliphatic heterocycles. The molecule has 3 rings (SSSR count). The van der Waals surface area contributed by atoms with E-state index in [2.05, 4.69) is 11.5 Å². The first kappa shape index (κ1) is 14.0. The SMILES string of the molecule is C=CCOC1CC2CN(C(=O)C3(F)CCC3)CCN2C1. The van der Waals surface area contributed by atoms with Crippen molar-refractivity contribution in [3.05, 3.63) is 12.7 Å². The Hall–Kier alpha value is -0.940. The Bertz CT molecular complexity index is 397. The van der Waals surface area contributed by atoms with Crippen molar-refractivity contribution < 1.29 is 13.9 Å². The molecule has 1 aliphatic carbocycles. The van der Waals surface area contributed by atoms with E-state index in [1.807, 2.05) is 0 Å². The Kier molecular flexibility index (Phi) is 3.82. The van der Waals surface area contributed by atoms with Crippen molar-refractivity contribution in [2.45, 2.75) is 43.5 Å². The van der Waals surface area contributed by atoms with Crippen LogP contribution < -0.4 is 0 Å². The first-order valence-electron chi connectivity index (χ1n) is 7.57. The van der Waals surface area contributed by atoms with Gasteiger partial charge in [-0.05, 0) is 25.7 Å². The smallest absolute Gasteiger partial charge is 0.260 e. The Labute approximate surface area is 119 Å². The number of hydrogen-bond acceptors (Lipinski definition) is 3.